The van der Waals surface area contributed by atoms with Gasteiger partial charge in [0.1, 0.15) is 5.56 Å². The van der Waals surface area contributed by atoms with Crippen LogP contribution in [0.25, 0.3) is 11.1 Å². The summed E-state index contributed by atoms with van der Waals surface area (Å²) >= 11 is 0. The highest BCUT2D eigenvalue weighted by Gasteiger charge is 2.40. The summed E-state index contributed by atoms with van der Waals surface area (Å²) in [4.78, 5) is 14.6. The summed E-state index contributed by atoms with van der Waals surface area (Å²) in [5.74, 6) is -12.7. The number of aliphatic hydroxyl groups excluding tert-OH is 2. The van der Waals surface area contributed by atoms with E-state index in [-0.39, 0.29) is 37.3 Å². The zero-order valence-electron chi connectivity index (χ0n) is 30.4. The molecule has 3 N–H and O–H groups in total. The molecule has 0 unspecified atom stereocenters. The van der Waals surface area contributed by atoms with Crippen LogP contribution < -0.4 is 5.32 Å². The van der Waals surface area contributed by atoms with Gasteiger partial charge >= 0.3 is 0 Å². The van der Waals surface area contributed by atoms with Crippen molar-refractivity contribution in [2.24, 2.45) is 5.92 Å². The quantitative estimate of drug-likeness (QED) is 0.0674. The van der Waals surface area contributed by atoms with Crippen molar-refractivity contribution >= 4 is 5.91 Å². The third kappa shape index (κ3) is 8.64. The van der Waals surface area contributed by atoms with Crippen LogP contribution in [0.5, 0.6) is 0 Å². The normalized spacial score (nSPS) is 19.6. The predicted octanol–water partition coefficient (Wildman–Crippen LogP) is 8.32. The van der Waals surface area contributed by atoms with Gasteiger partial charge < -0.3 is 25.0 Å². The molecule has 288 valence electrons. The maximum Gasteiger partial charge on any atom is 0.257 e. The number of likely N-dealkylation sites (N-methyl/N-ethyl adjacent to an activating group) is 1. The standard InChI is InChI=1S/C43H41F5N2O5/c1-24-33(22-50(3)25(2)40(52)28-10-5-4-6-11-28)54-43(55-41(24)29-17-15-26(23-51)16-18-29)32-14-8-13-31(20-32)30-12-7-9-27(19-30)21-49-42(53)34-35(44)37(46)39(48)38(47)36(34)45/h4-20,24-25,33,40-41,43,51-52H,21-23H2,1-3H3,(H,49,53)/t24-,25+,33+,40+,41+,43+/m0/s1. The molecule has 0 saturated carbocycles. The van der Waals surface area contributed by atoms with Crippen LogP contribution in [0.15, 0.2) is 103 Å². The second-order valence-electron chi connectivity index (χ2n) is 13.8. The van der Waals surface area contributed by atoms with Crippen molar-refractivity contribution in [3.05, 3.63) is 166 Å². The van der Waals surface area contributed by atoms with Crippen LogP contribution in [0.4, 0.5) is 22.0 Å². The largest absolute Gasteiger partial charge is 0.392 e. The summed E-state index contributed by atoms with van der Waals surface area (Å²) in [7, 11) is 1.95. The van der Waals surface area contributed by atoms with E-state index < -0.39 is 53.0 Å². The van der Waals surface area contributed by atoms with Gasteiger partial charge in [-0.05, 0) is 59.5 Å². The number of nitrogens with one attached hydrogen (secondary N) is 1. The Kier molecular flexibility index (Phi) is 12.4. The molecule has 1 amide bonds. The number of hydrogen-bond acceptors (Lipinski definition) is 6. The number of carbonyl (C=O) groups excluding carboxylic acids is 1. The molecular weight excluding hydrogens is 719 g/mol. The predicted molar refractivity (Wildman–Crippen MR) is 196 cm³/mol. The van der Waals surface area contributed by atoms with Gasteiger partial charge in [-0.2, -0.15) is 0 Å². The highest BCUT2D eigenvalue weighted by molar-refractivity contribution is 5.94. The number of hydrogen-bond donors (Lipinski definition) is 3. The third-order valence-electron chi connectivity index (χ3n) is 10.2. The molecule has 0 aromatic heterocycles. The average Bonchev–Trinajstić information content (AvgIpc) is 3.22. The second-order valence-corrected chi connectivity index (χ2v) is 13.8. The summed E-state index contributed by atoms with van der Waals surface area (Å²) in [6.45, 7) is 4.15. The van der Waals surface area contributed by atoms with E-state index in [4.69, 9.17) is 9.47 Å². The fraction of sp³-hybridized carbons (Fsp3) is 0.279. The monoisotopic (exact) mass is 760 g/mol. The van der Waals surface area contributed by atoms with Crippen LogP contribution in [0.1, 0.15) is 70.5 Å². The maximum absolute atomic E-state index is 14.2. The lowest BCUT2D eigenvalue weighted by molar-refractivity contribution is -0.276. The smallest absolute Gasteiger partial charge is 0.257 e. The molecule has 0 aliphatic carbocycles. The number of amides is 1. The molecule has 5 aromatic rings. The molecule has 0 radical (unpaired) electrons. The zero-order valence-corrected chi connectivity index (χ0v) is 30.4. The first-order valence-electron chi connectivity index (χ1n) is 17.8. The van der Waals surface area contributed by atoms with Crippen LogP contribution in [-0.4, -0.2) is 46.8 Å². The molecule has 1 heterocycles. The van der Waals surface area contributed by atoms with Crippen LogP contribution in [0.3, 0.4) is 0 Å². The van der Waals surface area contributed by atoms with E-state index in [0.29, 0.717) is 17.7 Å². The van der Waals surface area contributed by atoms with Crippen LogP contribution in [0.2, 0.25) is 0 Å². The number of carbonyl (C=O) groups is 1. The van der Waals surface area contributed by atoms with Gasteiger partial charge in [-0.15, -0.1) is 0 Å². The first kappa shape index (κ1) is 39.7. The molecule has 6 rings (SSSR count). The Balaban J connectivity index is 1.23. The highest BCUT2D eigenvalue weighted by atomic mass is 19.2. The van der Waals surface area contributed by atoms with Gasteiger partial charge in [0, 0.05) is 30.6 Å². The topological polar surface area (TPSA) is 91.3 Å². The Bertz CT molecular complexity index is 2090. The summed E-state index contributed by atoms with van der Waals surface area (Å²) < 4.78 is 82.7. The van der Waals surface area contributed by atoms with E-state index >= 15 is 0 Å². The molecule has 1 aliphatic rings. The Labute approximate surface area is 316 Å². The van der Waals surface area contributed by atoms with Gasteiger partial charge in [0.2, 0.25) is 5.82 Å². The maximum atomic E-state index is 14.2. The van der Waals surface area contributed by atoms with Crippen molar-refractivity contribution in [3.63, 3.8) is 0 Å². The lowest BCUT2D eigenvalue weighted by Crippen LogP contribution is -2.46. The lowest BCUT2D eigenvalue weighted by atomic mass is 9.89. The lowest BCUT2D eigenvalue weighted by Gasteiger charge is -2.43. The van der Waals surface area contributed by atoms with Crippen molar-refractivity contribution in [2.45, 2.75) is 57.6 Å². The average molecular weight is 761 g/mol. The summed E-state index contributed by atoms with van der Waals surface area (Å²) in [6, 6.07) is 31.2. The minimum atomic E-state index is -2.34. The molecule has 1 saturated heterocycles. The molecule has 12 heteroatoms. The van der Waals surface area contributed by atoms with Gasteiger partial charge in [0.05, 0.1) is 24.9 Å². The third-order valence-corrected chi connectivity index (χ3v) is 10.2. The van der Waals surface area contributed by atoms with Crippen molar-refractivity contribution < 1.29 is 46.4 Å². The van der Waals surface area contributed by atoms with Crippen molar-refractivity contribution in [1.29, 1.82) is 0 Å². The molecule has 55 heavy (non-hydrogen) atoms. The molecule has 0 bridgehead atoms. The van der Waals surface area contributed by atoms with E-state index in [1.165, 1.54) is 0 Å². The van der Waals surface area contributed by atoms with Crippen molar-refractivity contribution in [2.75, 3.05) is 13.6 Å². The molecule has 7 nitrogen and oxygen atoms in total. The minimum absolute atomic E-state index is 0.0895. The number of rotatable bonds is 12. The van der Waals surface area contributed by atoms with Gasteiger partial charge in [0.25, 0.3) is 5.91 Å². The zero-order chi connectivity index (χ0) is 39.4. The molecular formula is C43H41F5N2O5. The van der Waals surface area contributed by atoms with E-state index in [9.17, 15) is 37.0 Å². The fourth-order valence-corrected chi connectivity index (χ4v) is 6.75. The number of nitrogens with zero attached hydrogens (tertiary/aromatic N) is 1. The van der Waals surface area contributed by atoms with E-state index in [1.807, 2.05) is 98.9 Å². The molecule has 1 fully saturated rings. The Morgan fingerprint density at radius 3 is 2.04 bits per heavy atom. The van der Waals surface area contributed by atoms with E-state index in [0.717, 1.165) is 27.8 Å². The fourth-order valence-electron chi connectivity index (χ4n) is 6.75. The van der Waals surface area contributed by atoms with Gasteiger partial charge in [-0.25, -0.2) is 22.0 Å². The SMILES string of the molecule is C[C@H]1[C@@H](CN(C)[C@H](C)[C@@H](O)c2ccccc2)O[C@@H](c2cccc(-c3cccc(CNC(=O)c4c(F)c(F)c(F)c(F)c4F)c3)c2)O[C@H]1c1ccc(CO)cc1. The van der Waals surface area contributed by atoms with Crippen LogP contribution in [-0.2, 0) is 22.6 Å². The van der Waals surface area contributed by atoms with Gasteiger partial charge in [-0.1, -0.05) is 97.9 Å². The Morgan fingerprint density at radius 1 is 0.764 bits per heavy atom. The molecule has 0 spiro atoms. The molecule has 6 atom stereocenters. The Hall–Kier alpha value is -4.98. The summed E-state index contributed by atoms with van der Waals surface area (Å²) in [5.41, 5.74) is 3.63. The molecule has 5 aromatic carbocycles. The number of ether oxygens (including phenoxy) is 2. The van der Waals surface area contributed by atoms with Crippen LogP contribution in [0, 0.1) is 35.0 Å². The second kappa shape index (κ2) is 17.2. The van der Waals surface area contributed by atoms with Crippen molar-refractivity contribution in [1.82, 2.24) is 10.2 Å². The number of benzene rings is 5. The Morgan fingerprint density at radius 2 is 1.38 bits per heavy atom. The minimum Gasteiger partial charge on any atom is -0.392 e. The van der Waals surface area contributed by atoms with Gasteiger partial charge in [-0.3, -0.25) is 9.69 Å². The highest BCUT2D eigenvalue weighted by Crippen LogP contribution is 2.43. The van der Waals surface area contributed by atoms with E-state index in [1.54, 1.807) is 18.2 Å². The van der Waals surface area contributed by atoms with E-state index in [2.05, 4.69) is 17.1 Å². The van der Waals surface area contributed by atoms with Gasteiger partial charge in [0.15, 0.2) is 29.6 Å². The summed E-state index contributed by atoms with van der Waals surface area (Å²) in [5, 5.41) is 23.0. The first-order valence-corrected chi connectivity index (χ1v) is 17.8. The summed E-state index contributed by atoms with van der Waals surface area (Å²) in [6.07, 6.45) is -2.23. The first-order chi connectivity index (χ1) is 26.4. The van der Waals surface area contributed by atoms with Crippen LogP contribution >= 0.6 is 0 Å². The number of aliphatic hydroxyl groups is 2. The number of halogens is 5. The van der Waals surface area contributed by atoms with Crippen molar-refractivity contribution in [3.8, 4) is 11.1 Å². The molecule has 1 aliphatic heterocycles.